The summed E-state index contributed by atoms with van der Waals surface area (Å²) in [6, 6.07) is 7.86. The lowest BCUT2D eigenvalue weighted by Gasteiger charge is -2.10. The number of hydrogen-bond donors (Lipinski definition) is 1. The fraction of sp³-hybridized carbons (Fsp3) is 0.333. The molecule has 1 N–H and O–H groups in total. The molecule has 0 aliphatic heterocycles. The zero-order valence-electron chi connectivity index (χ0n) is 11.2. The Labute approximate surface area is 122 Å². The largest absolute Gasteiger partial charge is 0.331 e. The van der Waals surface area contributed by atoms with Crippen LogP contribution in [0.3, 0.4) is 0 Å². The summed E-state index contributed by atoms with van der Waals surface area (Å²) in [5, 5.41) is 3.61. The molecule has 0 saturated heterocycles. The van der Waals surface area contributed by atoms with Crippen molar-refractivity contribution in [2.75, 3.05) is 5.32 Å². The maximum absolute atomic E-state index is 11.8. The third-order valence-electron chi connectivity index (χ3n) is 3.45. The van der Waals surface area contributed by atoms with Crippen molar-refractivity contribution in [3.8, 4) is 0 Å². The van der Waals surface area contributed by atoms with E-state index in [-0.39, 0.29) is 6.03 Å². The Morgan fingerprint density at radius 2 is 2.00 bits per heavy atom. The number of aromatic nitrogens is 2. The Morgan fingerprint density at radius 1 is 1.25 bits per heavy atom. The molecule has 1 fully saturated rings. The van der Waals surface area contributed by atoms with Gasteiger partial charge in [-0.05, 0) is 37.1 Å². The summed E-state index contributed by atoms with van der Waals surface area (Å²) in [4.78, 5) is 17.0. The van der Waals surface area contributed by atoms with Crippen molar-refractivity contribution in [3.05, 3.63) is 43.0 Å². The van der Waals surface area contributed by atoms with E-state index >= 15 is 0 Å². The first-order chi connectivity index (χ1) is 9.81. The molecule has 0 spiro atoms. The lowest BCUT2D eigenvalue weighted by Crippen LogP contribution is -2.17. The van der Waals surface area contributed by atoms with Gasteiger partial charge in [-0.3, -0.25) is 4.57 Å². The summed E-state index contributed by atoms with van der Waals surface area (Å²) in [7, 11) is 0. The highest BCUT2D eigenvalue weighted by Gasteiger charge is 2.15. The molecule has 5 heteroatoms. The van der Waals surface area contributed by atoms with Gasteiger partial charge in [-0.15, -0.1) is 11.8 Å². The SMILES string of the molecule is O=C(Nc1ccc(SC2CCCC2)cc1)n1ccnc1. The van der Waals surface area contributed by atoms with Gasteiger partial charge < -0.3 is 5.32 Å². The van der Waals surface area contributed by atoms with E-state index in [1.807, 2.05) is 23.9 Å². The molecule has 3 rings (SSSR count). The Kier molecular flexibility index (Phi) is 4.06. The van der Waals surface area contributed by atoms with Crippen molar-refractivity contribution in [3.63, 3.8) is 0 Å². The van der Waals surface area contributed by atoms with E-state index in [2.05, 4.69) is 22.4 Å². The van der Waals surface area contributed by atoms with Gasteiger partial charge in [-0.25, -0.2) is 9.78 Å². The smallest absolute Gasteiger partial charge is 0.307 e. The molecular formula is C15H17N3OS. The van der Waals surface area contributed by atoms with E-state index in [9.17, 15) is 4.79 Å². The Balaban J connectivity index is 1.59. The van der Waals surface area contributed by atoms with Crippen LogP contribution < -0.4 is 5.32 Å². The fourth-order valence-corrected chi connectivity index (χ4v) is 3.63. The maximum Gasteiger partial charge on any atom is 0.331 e. The summed E-state index contributed by atoms with van der Waals surface area (Å²) < 4.78 is 1.42. The van der Waals surface area contributed by atoms with Gasteiger partial charge in [0.2, 0.25) is 0 Å². The quantitative estimate of drug-likeness (QED) is 0.928. The van der Waals surface area contributed by atoms with E-state index in [4.69, 9.17) is 0 Å². The van der Waals surface area contributed by atoms with E-state index < -0.39 is 0 Å². The van der Waals surface area contributed by atoms with Gasteiger partial charge in [0.15, 0.2) is 0 Å². The molecule has 2 aromatic rings. The van der Waals surface area contributed by atoms with Gasteiger partial charge in [0.1, 0.15) is 6.33 Å². The molecule has 0 unspecified atom stereocenters. The number of amides is 1. The van der Waals surface area contributed by atoms with Crippen LogP contribution in [0.25, 0.3) is 0 Å². The molecule has 1 aromatic heterocycles. The summed E-state index contributed by atoms with van der Waals surface area (Å²) in [5.74, 6) is 0. The highest BCUT2D eigenvalue weighted by molar-refractivity contribution is 8.00. The first-order valence-electron chi connectivity index (χ1n) is 6.87. The third-order valence-corrected chi connectivity index (χ3v) is 4.80. The molecule has 1 aliphatic rings. The van der Waals surface area contributed by atoms with E-state index in [1.54, 1.807) is 12.4 Å². The summed E-state index contributed by atoms with van der Waals surface area (Å²) in [6.07, 6.45) is 10.1. The Bertz CT molecular complexity index is 559. The molecule has 1 heterocycles. The zero-order chi connectivity index (χ0) is 13.8. The molecule has 1 saturated carbocycles. The number of benzene rings is 1. The predicted molar refractivity (Wildman–Crippen MR) is 81.2 cm³/mol. The van der Waals surface area contributed by atoms with Crippen LogP contribution in [-0.4, -0.2) is 20.8 Å². The van der Waals surface area contributed by atoms with Gasteiger partial charge in [-0.1, -0.05) is 12.8 Å². The number of carbonyl (C=O) groups excluding carboxylic acids is 1. The molecule has 4 nitrogen and oxygen atoms in total. The average Bonchev–Trinajstić information content (AvgIpc) is 3.13. The van der Waals surface area contributed by atoms with E-state index in [0.29, 0.717) is 0 Å². The molecule has 104 valence electrons. The van der Waals surface area contributed by atoms with Crippen LogP contribution in [0, 0.1) is 0 Å². The molecule has 1 aliphatic carbocycles. The minimum Gasteiger partial charge on any atom is -0.307 e. The molecular weight excluding hydrogens is 270 g/mol. The van der Waals surface area contributed by atoms with Crippen molar-refractivity contribution >= 4 is 23.5 Å². The van der Waals surface area contributed by atoms with Crippen LogP contribution in [0.4, 0.5) is 10.5 Å². The third kappa shape index (κ3) is 3.22. The van der Waals surface area contributed by atoms with Crippen molar-refractivity contribution in [1.29, 1.82) is 0 Å². The van der Waals surface area contributed by atoms with E-state index in [1.165, 1.54) is 41.5 Å². The number of carbonyl (C=O) groups is 1. The second kappa shape index (κ2) is 6.13. The standard InChI is InChI=1S/C15H17N3OS/c19-15(18-10-9-16-11-18)17-12-5-7-14(8-6-12)20-13-3-1-2-4-13/h5-11,13H,1-4H2,(H,17,19). The van der Waals surface area contributed by atoms with Gasteiger partial charge in [0.25, 0.3) is 0 Å². The minimum absolute atomic E-state index is 0.196. The fourth-order valence-electron chi connectivity index (χ4n) is 2.38. The minimum atomic E-state index is -0.196. The number of imidazole rings is 1. The number of nitrogens with zero attached hydrogens (tertiary/aromatic N) is 2. The molecule has 1 amide bonds. The zero-order valence-corrected chi connectivity index (χ0v) is 12.0. The second-order valence-electron chi connectivity index (χ2n) is 4.95. The van der Waals surface area contributed by atoms with Crippen LogP contribution in [0.15, 0.2) is 47.9 Å². The summed E-state index contributed by atoms with van der Waals surface area (Å²) in [5.41, 5.74) is 0.805. The Hall–Kier alpha value is -1.75. The Morgan fingerprint density at radius 3 is 2.65 bits per heavy atom. The van der Waals surface area contributed by atoms with Crippen molar-refractivity contribution in [1.82, 2.24) is 9.55 Å². The number of anilines is 1. The lowest BCUT2D eigenvalue weighted by molar-refractivity contribution is 0.253. The molecule has 0 atom stereocenters. The summed E-state index contributed by atoms with van der Waals surface area (Å²) >= 11 is 1.95. The highest BCUT2D eigenvalue weighted by atomic mass is 32.2. The highest BCUT2D eigenvalue weighted by Crippen LogP contribution is 2.34. The first kappa shape index (κ1) is 13.2. The second-order valence-corrected chi connectivity index (χ2v) is 6.32. The lowest BCUT2D eigenvalue weighted by atomic mass is 10.3. The van der Waals surface area contributed by atoms with Crippen molar-refractivity contribution < 1.29 is 4.79 Å². The van der Waals surface area contributed by atoms with Crippen LogP contribution in [0.5, 0.6) is 0 Å². The molecule has 1 aromatic carbocycles. The predicted octanol–water partition coefficient (Wildman–Crippen LogP) is 4.00. The van der Waals surface area contributed by atoms with Gasteiger partial charge >= 0.3 is 6.03 Å². The van der Waals surface area contributed by atoms with Crippen LogP contribution in [0.2, 0.25) is 0 Å². The van der Waals surface area contributed by atoms with Crippen molar-refractivity contribution in [2.24, 2.45) is 0 Å². The van der Waals surface area contributed by atoms with Crippen LogP contribution >= 0.6 is 11.8 Å². The van der Waals surface area contributed by atoms with E-state index in [0.717, 1.165) is 10.9 Å². The first-order valence-corrected chi connectivity index (χ1v) is 7.75. The topological polar surface area (TPSA) is 46.9 Å². The molecule has 20 heavy (non-hydrogen) atoms. The normalized spacial score (nSPS) is 15.4. The average molecular weight is 287 g/mol. The number of rotatable bonds is 3. The number of nitrogens with one attached hydrogen (secondary N) is 1. The maximum atomic E-state index is 11.8. The van der Waals surface area contributed by atoms with Gasteiger partial charge in [-0.2, -0.15) is 0 Å². The van der Waals surface area contributed by atoms with Crippen molar-refractivity contribution in [2.45, 2.75) is 35.8 Å². The monoisotopic (exact) mass is 287 g/mol. The number of thioether (sulfide) groups is 1. The van der Waals surface area contributed by atoms with Gasteiger partial charge in [0, 0.05) is 28.2 Å². The molecule has 0 radical (unpaired) electrons. The van der Waals surface area contributed by atoms with Crippen LogP contribution in [0.1, 0.15) is 25.7 Å². The molecule has 0 bridgehead atoms. The number of hydrogen-bond acceptors (Lipinski definition) is 3. The van der Waals surface area contributed by atoms with Crippen LogP contribution in [-0.2, 0) is 0 Å². The van der Waals surface area contributed by atoms with Gasteiger partial charge in [0.05, 0.1) is 0 Å². The summed E-state index contributed by atoms with van der Waals surface area (Å²) in [6.45, 7) is 0.